The number of aromatic nitrogens is 3. The fourth-order valence-electron chi connectivity index (χ4n) is 2.28. The third-order valence-corrected chi connectivity index (χ3v) is 5.47. The molecule has 0 unspecified atom stereocenters. The van der Waals surface area contributed by atoms with Gasteiger partial charge in [-0.25, -0.2) is 4.68 Å². The van der Waals surface area contributed by atoms with Crippen LogP contribution >= 0.6 is 43.6 Å². The Hall–Kier alpha value is -1.57. The van der Waals surface area contributed by atoms with Gasteiger partial charge >= 0.3 is 0 Å². The number of hydrogen-bond acceptors (Lipinski definition) is 4. The molecule has 4 nitrogen and oxygen atoms in total. The molecule has 0 saturated carbocycles. The first kappa shape index (κ1) is 15.0. The van der Waals surface area contributed by atoms with Crippen molar-refractivity contribution in [3.8, 4) is 11.4 Å². The second-order valence-electron chi connectivity index (χ2n) is 4.89. The highest BCUT2D eigenvalue weighted by Crippen LogP contribution is 2.33. The molecule has 3 aromatic rings. The van der Waals surface area contributed by atoms with Gasteiger partial charge in [-0.15, -0.1) is 10.2 Å². The summed E-state index contributed by atoms with van der Waals surface area (Å²) in [5, 5.41) is 11.5. The van der Waals surface area contributed by atoms with Gasteiger partial charge in [-0.05, 0) is 24.3 Å². The van der Waals surface area contributed by atoms with Crippen LogP contribution in [0.4, 0.5) is 0 Å². The average Bonchev–Trinajstić information content (AvgIpc) is 2.99. The monoisotopic (exact) mass is 448 g/mol. The second kappa shape index (κ2) is 6.14. The third kappa shape index (κ3) is 2.84. The summed E-state index contributed by atoms with van der Waals surface area (Å²) in [7, 11) is 0. The average molecular weight is 450 g/mol. The largest absolute Gasteiger partial charge is 0.289 e. The Morgan fingerprint density at radius 3 is 2.52 bits per heavy atom. The van der Waals surface area contributed by atoms with Gasteiger partial charge in [0, 0.05) is 25.5 Å². The van der Waals surface area contributed by atoms with Crippen LogP contribution in [0.5, 0.6) is 0 Å². The van der Waals surface area contributed by atoms with E-state index in [1.54, 1.807) is 11.8 Å². The SMILES string of the molecule is Brc1ccc(C2=CSc3nnc(-c4ccccc4Br)n3N2)cc1. The Morgan fingerprint density at radius 1 is 0.957 bits per heavy atom. The Morgan fingerprint density at radius 2 is 1.74 bits per heavy atom. The zero-order valence-electron chi connectivity index (χ0n) is 11.7. The van der Waals surface area contributed by atoms with Crippen LogP contribution in [-0.4, -0.2) is 14.9 Å². The van der Waals surface area contributed by atoms with Crippen LogP contribution in [-0.2, 0) is 0 Å². The van der Waals surface area contributed by atoms with Crippen LogP contribution in [0.15, 0.2) is 68.0 Å². The van der Waals surface area contributed by atoms with Gasteiger partial charge in [0.15, 0.2) is 5.82 Å². The molecule has 1 N–H and O–H groups in total. The lowest BCUT2D eigenvalue weighted by molar-refractivity contribution is 0.826. The maximum absolute atomic E-state index is 4.33. The fraction of sp³-hybridized carbons (Fsp3) is 0. The number of fused-ring (bicyclic) bond motifs is 1. The smallest absolute Gasteiger partial charge is 0.214 e. The normalized spacial score (nSPS) is 13.2. The number of hydrogen-bond donors (Lipinski definition) is 1. The summed E-state index contributed by atoms with van der Waals surface area (Å²) in [6, 6.07) is 16.2. The van der Waals surface area contributed by atoms with Crippen LogP contribution in [0, 0.1) is 0 Å². The number of rotatable bonds is 2. The van der Waals surface area contributed by atoms with Crippen molar-refractivity contribution in [2.75, 3.05) is 5.43 Å². The van der Waals surface area contributed by atoms with Gasteiger partial charge in [0.05, 0.1) is 5.70 Å². The highest BCUT2D eigenvalue weighted by atomic mass is 79.9. The highest BCUT2D eigenvalue weighted by molar-refractivity contribution is 9.10. The van der Waals surface area contributed by atoms with Gasteiger partial charge in [-0.2, -0.15) is 0 Å². The van der Waals surface area contributed by atoms with Crippen molar-refractivity contribution in [1.82, 2.24) is 14.9 Å². The standard InChI is InChI=1S/C16H10Br2N4S/c17-11-7-5-10(6-8-11)14-9-23-16-20-19-15(22(16)21-14)12-3-1-2-4-13(12)18/h1-9,21H. The molecule has 23 heavy (non-hydrogen) atoms. The molecule has 0 fully saturated rings. The molecule has 2 heterocycles. The van der Waals surface area contributed by atoms with E-state index < -0.39 is 0 Å². The van der Waals surface area contributed by atoms with Gasteiger partial charge in [0.2, 0.25) is 5.16 Å². The molecule has 0 aliphatic carbocycles. The molecular weight excluding hydrogens is 440 g/mol. The van der Waals surface area contributed by atoms with Crippen LogP contribution in [0.2, 0.25) is 0 Å². The Kier molecular flexibility index (Phi) is 4.00. The van der Waals surface area contributed by atoms with Crippen molar-refractivity contribution in [1.29, 1.82) is 0 Å². The lowest BCUT2D eigenvalue weighted by Gasteiger charge is -2.19. The Labute approximate surface area is 154 Å². The minimum atomic E-state index is 0.780. The molecule has 0 radical (unpaired) electrons. The molecule has 0 bridgehead atoms. The first-order valence-electron chi connectivity index (χ1n) is 6.82. The molecule has 4 rings (SSSR count). The van der Waals surface area contributed by atoms with Crippen LogP contribution in [0.1, 0.15) is 5.56 Å². The molecule has 1 aromatic heterocycles. The summed E-state index contributed by atoms with van der Waals surface area (Å²) >= 11 is 8.60. The fourth-order valence-corrected chi connectivity index (χ4v) is 3.75. The summed E-state index contributed by atoms with van der Waals surface area (Å²) in [5.41, 5.74) is 6.53. The number of thioether (sulfide) groups is 1. The van der Waals surface area contributed by atoms with Crippen molar-refractivity contribution >= 4 is 49.3 Å². The lowest BCUT2D eigenvalue weighted by Crippen LogP contribution is -2.18. The van der Waals surface area contributed by atoms with Gasteiger partial charge < -0.3 is 0 Å². The van der Waals surface area contributed by atoms with E-state index in [9.17, 15) is 0 Å². The minimum absolute atomic E-state index is 0.780. The second-order valence-corrected chi connectivity index (χ2v) is 7.50. The third-order valence-electron chi connectivity index (χ3n) is 3.42. The van der Waals surface area contributed by atoms with Crippen LogP contribution in [0.25, 0.3) is 17.1 Å². The van der Waals surface area contributed by atoms with Crippen molar-refractivity contribution < 1.29 is 0 Å². The van der Waals surface area contributed by atoms with E-state index in [0.29, 0.717) is 0 Å². The van der Waals surface area contributed by atoms with Crippen molar-refractivity contribution in [3.05, 3.63) is 68.4 Å². The van der Waals surface area contributed by atoms with Crippen LogP contribution in [0.3, 0.4) is 0 Å². The Balaban J connectivity index is 1.73. The van der Waals surface area contributed by atoms with Gasteiger partial charge in [0.1, 0.15) is 0 Å². The van der Waals surface area contributed by atoms with Crippen LogP contribution < -0.4 is 5.43 Å². The highest BCUT2D eigenvalue weighted by Gasteiger charge is 2.20. The summed E-state index contributed by atoms with van der Waals surface area (Å²) in [4.78, 5) is 0. The van der Waals surface area contributed by atoms with E-state index >= 15 is 0 Å². The zero-order chi connectivity index (χ0) is 15.8. The van der Waals surface area contributed by atoms with Gasteiger partial charge in [0.25, 0.3) is 0 Å². The minimum Gasteiger partial charge on any atom is -0.289 e. The summed E-state index contributed by atoms with van der Waals surface area (Å²) in [5.74, 6) is 0.780. The van der Waals surface area contributed by atoms with E-state index in [0.717, 1.165) is 36.8 Å². The van der Waals surface area contributed by atoms with Gasteiger partial charge in [-0.3, -0.25) is 5.43 Å². The van der Waals surface area contributed by atoms with Gasteiger partial charge in [-0.1, -0.05) is 67.9 Å². The maximum Gasteiger partial charge on any atom is 0.214 e. The predicted octanol–water partition coefficient (Wildman–Crippen LogP) is 5.12. The lowest BCUT2D eigenvalue weighted by atomic mass is 10.2. The van der Waals surface area contributed by atoms with E-state index in [4.69, 9.17) is 0 Å². The molecule has 114 valence electrons. The first-order valence-corrected chi connectivity index (χ1v) is 9.29. The molecule has 0 amide bonds. The number of nitrogens with zero attached hydrogens (tertiary/aromatic N) is 3. The van der Waals surface area contributed by atoms with Crippen molar-refractivity contribution in [2.45, 2.75) is 5.16 Å². The molecule has 0 saturated heterocycles. The summed E-state index contributed by atoms with van der Waals surface area (Å²) in [6.07, 6.45) is 0. The summed E-state index contributed by atoms with van der Waals surface area (Å²) in [6.45, 7) is 0. The van der Waals surface area contributed by atoms with Crippen molar-refractivity contribution in [2.24, 2.45) is 0 Å². The van der Waals surface area contributed by atoms with E-state index in [-0.39, 0.29) is 0 Å². The molecule has 1 aliphatic rings. The molecule has 0 atom stereocenters. The van der Waals surface area contributed by atoms with E-state index in [2.05, 4.69) is 65.0 Å². The molecule has 0 spiro atoms. The summed E-state index contributed by atoms with van der Waals surface area (Å²) < 4.78 is 3.97. The molecule has 1 aliphatic heterocycles. The number of benzene rings is 2. The number of nitrogens with one attached hydrogen (secondary N) is 1. The zero-order valence-corrected chi connectivity index (χ0v) is 15.7. The first-order chi connectivity index (χ1) is 11.2. The topological polar surface area (TPSA) is 42.7 Å². The quantitative estimate of drug-likeness (QED) is 0.589. The van der Waals surface area contributed by atoms with Crippen molar-refractivity contribution in [3.63, 3.8) is 0 Å². The van der Waals surface area contributed by atoms with E-state index in [1.165, 1.54) is 0 Å². The Bertz CT molecular complexity index is 903. The van der Waals surface area contributed by atoms with E-state index in [1.807, 2.05) is 41.1 Å². The predicted molar refractivity (Wildman–Crippen MR) is 100 cm³/mol. The number of halogens is 2. The maximum atomic E-state index is 4.33. The molecule has 7 heteroatoms. The molecule has 2 aromatic carbocycles. The molecular formula is C16H10Br2N4S.